The van der Waals surface area contributed by atoms with Crippen LogP contribution in [0.5, 0.6) is 0 Å². The van der Waals surface area contributed by atoms with E-state index in [0.717, 1.165) is 42.4 Å². The predicted octanol–water partition coefficient (Wildman–Crippen LogP) is 4.25. The van der Waals surface area contributed by atoms with Crippen LogP contribution in [0.2, 0.25) is 0 Å². The van der Waals surface area contributed by atoms with Crippen molar-refractivity contribution in [2.24, 2.45) is 0 Å². The Kier molecular flexibility index (Phi) is 4.62. The van der Waals surface area contributed by atoms with Crippen molar-refractivity contribution in [3.8, 4) is 0 Å². The standard InChI is InChI=1S/C21H21N3O3/c25-21-17-11-5-4-10-16(17)20(23(21)14-15-8-2-1-3-9-15)22-18-12-6-7-13-19(18)24(26)27/h1-3,6-9,12-13,20,22H,4-5,10-11,14H2/t20-/m0/s1. The summed E-state index contributed by atoms with van der Waals surface area (Å²) in [6.45, 7) is 0.477. The number of rotatable bonds is 5. The molecular formula is C21H21N3O3. The average Bonchev–Trinajstić information content (AvgIpc) is 2.95. The molecule has 1 atom stereocenters. The molecule has 2 aromatic carbocycles. The Morgan fingerprint density at radius 3 is 2.52 bits per heavy atom. The minimum absolute atomic E-state index is 0.0227. The second kappa shape index (κ2) is 7.23. The fraction of sp³-hybridized carbons (Fsp3) is 0.286. The van der Waals surface area contributed by atoms with Gasteiger partial charge in [-0.05, 0) is 42.9 Å². The molecule has 138 valence electrons. The van der Waals surface area contributed by atoms with Crippen molar-refractivity contribution < 1.29 is 9.72 Å². The number of carbonyl (C=O) groups excluding carboxylic acids is 1. The van der Waals surface area contributed by atoms with Crippen molar-refractivity contribution in [2.45, 2.75) is 38.4 Å². The van der Waals surface area contributed by atoms with E-state index in [1.165, 1.54) is 6.07 Å². The van der Waals surface area contributed by atoms with Gasteiger partial charge in [-0.15, -0.1) is 0 Å². The summed E-state index contributed by atoms with van der Waals surface area (Å²) < 4.78 is 0. The second-order valence-electron chi connectivity index (χ2n) is 6.95. The lowest BCUT2D eigenvalue weighted by molar-refractivity contribution is -0.384. The van der Waals surface area contributed by atoms with Gasteiger partial charge >= 0.3 is 0 Å². The molecule has 0 saturated heterocycles. The number of nitro groups is 1. The van der Waals surface area contributed by atoms with Gasteiger partial charge in [0.2, 0.25) is 0 Å². The Bertz CT molecular complexity index is 908. The fourth-order valence-electron chi connectivity index (χ4n) is 3.96. The molecule has 1 amide bonds. The molecule has 1 N–H and O–H groups in total. The first-order valence-corrected chi connectivity index (χ1v) is 9.22. The van der Waals surface area contributed by atoms with Gasteiger partial charge in [0.1, 0.15) is 11.9 Å². The van der Waals surface area contributed by atoms with E-state index in [1.807, 2.05) is 35.2 Å². The number of para-hydroxylation sites is 2. The van der Waals surface area contributed by atoms with Gasteiger partial charge in [0.05, 0.1) is 4.92 Å². The number of amides is 1. The Labute approximate surface area is 157 Å². The summed E-state index contributed by atoms with van der Waals surface area (Å²) in [5, 5.41) is 14.7. The largest absolute Gasteiger partial charge is 0.356 e. The van der Waals surface area contributed by atoms with E-state index < -0.39 is 4.92 Å². The molecule has 0 aromatic heterocycles. The first kappa shape index (κ1) is 17.3. The first-order chi connectivity index (χ1) is 13.1. The molecule has 0 radical (unpaired) electrons. The average molecular weight is 363 g/mol. The van der Waals surface area contributed by atoms with Crippen molar-refractivity contribution in [2.75, 3.05) is 5.32 Å². The molecule has 4 rings (SSSR count). The first-order valence-electron chi connectivity index (χ1n) is 9.22. The normalized spacial score (nSPS) is 19.2. The molecule has 6 heteroatoms. The van der Waals surface area contributed by atoms with Gasteiger partial charge in [-0.2, -0.15) is 0 Å². The van der Waals surface area contributed by atoms with E-state index in [9.17, 15) is 14.9 Å². The quantitative estimate of drug-likeness (QED) is 0.637. The summed E-state index contributed by atoms with van der Waals surface area (Å²) in [6, 6.07) is 16.4. The number of hydrogen-bond donors (Lipinski definition) is 1. The van der Waals surface area contributed by atoms with E-state index in [0.29, 0.717) is 12.2 Å². The molecule has 1 aliphatic heterocycles. The number of anilines is 1. The lowest BCUT2D eigenvalue weighted by atomic mass is 9.92. The maximum Gasteiger partial charge on any atom is 0.292 e. The smallest absolute Gasteiger partial charge is 0.292 e. The Balaban J connectivity index is 1.69. The zero-order valence-corrected chi connectivity index (χ0v) is 14.9. The summed E-state index contributed by atoms with van der Waals surface area (Å²) in [4.78, 5) is 25.9. The minimum Gasteiger partial charge on any atom is -0.356 e. The maximum absolute atomic E-state index is 13.1. The van der Waals surface area contributed by atoms with Crippen LogP contribution in [0.4, 0.5) is 11.4 Å². The van der Waals surface area contributed by atoms with Crippen molar-refractivity contribution in [1.29, 1.82) is 0 Å². The third-order valence-electron chi connectivity index (χ3n) is 5.26. The molecule has 0 fully saturated rings. The van der Waals surface area contributed by atoms with E-state index >= 15 is 0 Å². The Morgan fingerprint density at radius 2 is 1.74 bits per heavy atom. The third-order valence-corrected chi connectivity index (χ3v) is 5.26. The molecule has 0 spiro atoms. The number of carbonyl (C=O) groups is 1. The van der Waals surface area contributed by atoms with E-state index in [-0.39, 0.29) is 17.8 Å². The van der Waals surface area contributed by atoms with Crippen molar-refractivity contribution in [3.63, 3.8) is 0 Å². The van der Waals surface area contributed by atoms with Crippen LogP contribution < -0.4 is 5.32 Å². The van der Waals surface area contributed by atoms with Crippen LogP contribution in [0.15, 0.2) is 65.7 Å². The third kappa shape index (κ3) is 3.30. The number of nitrogens with zero attached hydrogens (tertiary/aromatic N) is 2. The highest BCUT2D eigenvalue weighted by Gasteiger charge is 2.40. The summed E-state index contributed by atoms with van der Waals surface area (Å²) in [7, 11) is 0. The van der Waals surface area contributed by atoms with Crippen LogP contribution in [0.1, 0.15) is 31.2 Å². The van der Waals surface area contributed by atoms with E-state index in [1.54, 1.807) is 18.2 Å². The van der Waals surface area contributed by atoms with Crippen molar-refractivity contribution in [3.05, 3.63) is 81.4 Å². The highest BCUT2D eigenvalue weighted by molar-refractivity contribution is 5.98. The molecule has 27 heavy (non-hydrogen) atoms. The fourth-order valence-corrected chi connectivity index (χ4v) is 3.96. The molecule has 0 unspecified atom stereocenters. The van der Waals surface area contributed by atoms with Gasteiger partial charge in [0.15, 0.2) is 0 Å². The van der Waals surface area contributed by atoms with Crippen molar-refractivity contribution in [1.82, 2.24) is 4.90 Å². The second-order valence-corrected chi connectivity index (χ2v) is 6.95. The summed E-state index contributed by atoms with van der Waals surface area (Å²) in [5.74, 6) is 0.0460. The molecule has 2 aromatic rings. The summed E-state index contributed by atoms with van der Waals surface area (Å²) in [5.41, 5.74) is 3.47. The molecular weight excluding hydrogens is 342 g/mol. The number of benzene rings is 2. The van der Waals surface area contributed by atoms with Crippen LogP contribution in [-0.2, 0) is 11.3 Å². The maximum atomic E-state index is 13.1. The summed E-state index contributed by atoms with van der Waals surface area (Å²) >= 11 is 0. The number of nitrogens with one attached hydrogen (secondary N) is 1. The molecule has 1 aliphatic carbocycles. The van der Waals surface area contributed by atoms with Crippen molar-refractivity contribution >= 4 is 17.3 Å². The molecule has 0 saturated carbocycles. The lowest BCUT2D eigenvalue weighted by Crippen LogP contribution is -2.40. The van der Waals surface area contributed by atoms with Crippen LogP contribution in [-0.4, -0.2) is 21.9 Å². The summed E-state index contributed by atoms with van der Waals surface area (Å²) in [6.07, 6.45) is 3.36. The molecule has 6 nitrogen and oxygen atoms in total. The van der Waals surface area contributed by atoms with Crippen LogP contribution >= 0.6 is 0 Å². The predicted molar refractivity (Wildman–Crippen MR) is 103 cm³/mol. The lowest BCUT2D eigenvalue weighted by Gasteiger charge is -2.29. The molecule has 0 bridgehead atoms. The van der Waals surface area contributed by atoms with Gasteiger partial charge in [-0.25, -0.2) is 0 Å². The SMILES string of the molecule is O=C1C2=C(CCCC2)[C@@H](Nc2ccccc2[N+](=O)[O-])N1Cc1ccccc1. The topological polar surface area (TPSA) is 75.5 Å². The highest BCUT2D eigenvalue weighted by Crippen LogP contribution is 2.38. The number of nitro benzene ring substituents is 1. The van der Waals surface area contributed by atoms with Gasteiger partial charge in [0, 0.05) is 18.2 Å². The Morgan fingerprint density at radius 1 is 1.04 bits per heavy atom. The van der Waals surface area contributed by atoms with Gasteiger partial charge in [-0.3, -0.25) is 14.9 Å². The molecule has 1 heterocycles. The van der Waals surface area contributed by atoms with E-state index in [2.05, 4.69) is 5.32 Å². The molecule has 2 aliphatic rings. The van der Waals surface area contributed by atoms with Crippen LogP contribution in [0.25, 0.3) is 0 Å². The van der Waals surface area contributed by atoms with Gasteiger partial charge < -0.3 is 10.2 Å². The van der Waals surface area contributed by atoms with Crippen LogP contribution in [0, 0.1) is 10.1 Å². The van der Waals surface area contributed by atoms with Crippen LogP contribution in [0.3, 0.4) is 0 Å². The number of hydrogen-bond acceptors (Lipinski definition) is 4. The highest BCUT2D eigenvalue weighted by atomic mass is 16.6. The van der Waals surface area contributed by atoms with Gasteiger partial charge in [0.25, 0.3) is 11.6 Å². The zero-order chi connectivity index (χ0) is 18.8. The minimum atomic E-state index is -0.392. The zero-order valence-electron chi connectivity index (χ0n) is 14.9. The van der Waals surface area contributed by atoms with Gasteiger partial charge in [-0.1, -0.05) is 42.5 Å². The monoisotopic (exact) mass is 363 g/mol. The Hall–Kier alpha value is -3.15. The van der Waals surface area contributed by atoms with E-state index in [4.69, 9.17) is 0 Å².